The van der Waals surface area contributed by atoms with Gasteiger partial charge in [-0.3, -0.25) is 14.4 Å². The fourth-order valence-electron chi connectivity index (χ4n) is 2.97. The first-order valence-corrected chi connectivity index (χ1v) is 8.17. The summed E-state index contributed by atoms with van der Waals surface area (Å²) in [5.41, 5.74) is 1.42. The van der Waals surface area contributed by atoms with Crippen molar-refractivity contribution in [3.63, 3.8) is 0 Å². The lowest BCUT2D eigenvalue weighted by molar-refractivity contribution is -0.146. The monoisotopic (exact) mass is 343 g/mol. The van der Waals surface area contributed by atoms with Crippen LogP contribution in [-0.4, -0.2) is 54.1 Å². The zero-order valence-electron chi connectivity index (χ0n) is 14.3. The lowest BCUT2D eigenvalue weighted by atomic mass is 10.2. The maximum Gasteiger partial charge on any atom is 0.248 e. The van der Waals surface area contributed by atoms with Crippen LogP contribution >= 0.6 is 0 Å². The number of para-hydroxylation sites is 1. The number of morpholine rings is 1. The molecule has 7 nitrogen and oxygen atoms in total. The molecule has 0 unspecified atom stereocenters. The van der Waals surface area contributed by atoms with Crippen molar-refractivity contribution in [2.45, 2.75) is 19.6 Å². The minimum atomic E-state index is -0.210. The van der Waals surface area contributed by atoms with E-state index in [2.05, 4.69) is 5.32 Å². The van der Waals surface area contributed by atoms with Gasteiger partial charge in [-0.1, -0.05) is 12.1 Å². The highest BCUT2D eigenvalue weighted by molar-refractivity contribution is 5.82. The second-order valence-electron chi connectivity index (χ2n) is 6.26. The molecule has 1 fully saturated rings. The van der Waals surface area contributed by atoms with Crippen LogP contribution in [0.4, 0.5) is 0 Å². The molecule has 2 aromatic rings. The van der Waals surface area contributed by atoms with Gasteiger partial charge >= 0.3 is 0 Å². The van der Waals surface area contributed by atoms with Gasteiger partial charge in [0.15, 0.2) is 5.43 Å². The minimum absolute atomic E-state index is 0.0422. The molecule has 0 aliphatic carbocycles. The molecule has 25 heavy (non-hydrogen) atoms. The second-order valence-corrected chi connectivity index (χ2v) is 6.26. The first kappa shape index (κ1) is 17.2. The van der Waals surface area contributed by atoms with Crippen molar-refractivity contribution < 1.29 is 14.3 Å². The third-order valence-electron chi connectivity index (χ3n) is 4.40. The third-order valence-corrected chi connectivity index (χ3v) is 4.40. The Morgan fingerprint density at radius 3 is 2.84 bits per heavy atom. The summed E-state index contributed by atoms with van der Waals surface area (Å²) in [6, 6.07) is 8.79. The molecule has 1 aliphatic heterocycles. The molecule has 0 saturated carbocycles. The summed E-state index contributed by atoms with van der Waals surface area (Å²) in [5, 5.41) is 3.44. The maximum absolute atomic E-state index is 12.3. The number of aryl methyl sites for hydroxylation is 1. The molecule has 0 radical (unpaired) electrons. The largest absolute Gasteiger partial charge is 0.365 e. The molecular weight excluding hydrogens is 322 g/mol. The lowest BCUT2D eigenvalue weighted by Crippen LogP contribution is -2.49. The Bertz CT molecular complexity index is 874. The number of hydrogen-bond acceptors (Lipinski definition) is 4. The molecule has 7 heteroatoms. The van der Waals surface area contributed by atoms with E-state index in [-0.39, 0.29) is 36.5 Å². The van der Waals surface area contributed by atoms with Gasteiger partial charge in [-0.05, 0) is 19.1 Å². The zero-order valence-corrected chi connectivity index (χ0v) is 14.3. The van der Waals surface area contributed by atoms with E-state index >= 15 is 0 Å². The Morgan fingerprint density at radius 2 is 2.08 bits per heavy atom. The van der Waals surface area contributed by atoms with Crippen molar-refractivity contribution in [1.29, 1.82) is 0 Å². The van der Waals surface area contributed by atoms with Gasteiger partial charge in [0, 0.05) is 37.3 Å². The number of fused-ring (bicyclic) bond motifs is 1. The van der Waals surface area contributed by atoms with Crippen molar-refractivity contribution in [1.82, 2.24) is 14.8 Å². The summed E-state index contributed by atoms with van der Waals surface area (Å²) in [7, 11) is 1.72. The topological polar surface area (TPSA) is 80.6 Å². The van der Waals surface area contributed by atoms with Crippen LogP contribution in [0.15, 0.2) is 35.1 Å². The van der Waals surface area contributed by atoms with Gasteiger partial charge in [-0.25, -0.2) is 0 Å². The van der Waals surface area contributed by atoms with Gasteiger partial charge < -0.3 is 19.5 Å². The molecule has 3 rings (SSSR count). The van der Waals surface area contributed by atoms with E-state index in [0.29, 0.717) is 18.5 Å². The van der Waals surface area contributed by atoms with E-state index in [1.807, 2.05) is 29.7 Å². The average molecular weight is 343 g/mol. The van der Waals surface area contributed by atoms with E-state index in [9.17, 15) is 14.4 Å². The molecule has 0 spiro atoms. The SMILES string of the molecule is Cc1cc(=O)c2ccccc2n1CC(=O)NC[C@H]1CN(C)C(=O)CO1. The molecular formula is C18H21N3O4. The number of amides is 2. The molecule has 132 valence electrons. The van der Waals surface area contributed by atoms with Crippen molar-refractivity contribution in [2.75, 3.05) is 26.7 Å². The third kappa shape index (κ3) is 3.71. The number of carbonyl (C=O) groups excluding carboxylic acids is 2. The Balaban J connectivity index is 1.68. The molecule has 2 heterocycles. The predicted octanol–water partition coefficient (Wildman–Crippen LogP) is 0.283. The number of hydrogen-bond donors (Lipinski definition) is 1. The summed E-state index contributed by atoms with van der Waals surface area (Å²) >= 11 is 0. The van der Waals surface area contributed by atoms with Crippen LogP contribution in [0.2, 0.25) is 0 Å². The van der Waals surface area contributed by atoms with Crippen LogP contribution in [-0.2, 0) is 20.9 Å². The first-order valence-electron chi connectivity index (χ1n) is 8.17. The van der Waals surface area contributed by atoms with Gasteiger partial charge in [0.1, 0.15) is 13.2 Å². The summed E-state index contributed by atoms with van der Waals surface area (Å²) in [4.78, 5) is 37.4. The van der Waals surface area contributed by atoms with Crippen LogP contribution < -0.4 is 10.7 Å². The van der Waals surface area contributed by atoms with E-state index in [1.165, 1.54) is 0 Å². The highest BCUT2D eigenvalue weighted by Gasteiger charge is 2.23. The summed E-state index contributed by atoms with van der Waals surface area (Å²) in [6.07, 6.45) is -0.210. The van der Waals surface area contributed by atoms with Crippen molar-refractivity contribution in [3.8, 4) is 0 Å². The van der Waals surface area contributed by atoms with Gasteiger partial charge in [0.05, 0.1) is 11.6 Å². The van der Waals surface area contributed by atoms with Crippen molar-refractivity contribution >= 4 is 22.7 Å². The van der Waals surface area contributed by atoms with Crippen LogP contribution in [0.5, 0.6) is 0 Å². The molecule has 1 saturated heterocycles. The van der Waals surface area contributed by atoms with E-state index in [4.69, 9.17) is 4.74 Å². The van der Waals surface area contributed by atoms with Gasteiger partial charge in [-0.2, -0.15) is 0 Å². The lowest BCUT2D eigenvalue weighted by Gasteiger charge is -2.30. The Labute approximate surface area is 145 Å². The number of ether oxygens (including phenoxy) is 1. The second kappa shape index (κ2) is 7.06. The summed E-state index contributed by atoms with van der Waals surface area (Å²) in [6.45, 7) is 2.77. The Morgan fingerprint density at radius 1 is 1.32 bits per heavy atom. The van der Waals surface area contributed by atoms with Crippen LogP contribution in [0.1, 0.15) is 5.69 Å². The highest BCUT2D eigenvalue weighted by Crippen LogP contribution is 2.12. The molecule has 1 aromatic carbocycles. The Kier molecular flexibility index (Phi) is 4.85. The highest BCUT2D eigenvalue weighted by atomic mass is 16.5. The predicted molar refractivity (Wildman–Crippen MR) is 93.3 cm³/mol. The van der Waals surface area contributed by atoms with Gasteiger partial charge in [0.25, 0.3) is 0 Å². The summed E-state index contributed by atoms with van der Waals surface area (Å²) in [5.74, 6) is -0.224. The minimum Gasteiger partial charge on any atom is -0.365 e. The molecule has 1 N–H and O–H groups in total. The molecule has 2 amide bonds. The van der Waals surface area contributed by atoms with E-state index in [0.717, 1.165) is 11.2 Å². The fourth-order valence-corrected chi connectivity index (χ4v) is 2.97. The number of nitrogens with one attached hydrogen (secondary N) is 1. The molecule has 1 atom stereocenters. The van der Waals surface area contributed by atoms with Crippen LogP contribution in [0, 0.1) is 6.92 Å². The quantitative estimate of drug-likeness (QED) is 0.865. The molecule has 0 bridgehead atoms. The number of rotatable bonds is 4. The number of pyridine rings is 1. The van der Waals surface area contributed by atoms with Gasteiger partial charge in [-0.15, -0.1) is 0 Å². The normalized spacial score (nSPS) is 17.8. The first-order chi connectivity index (χ1) is 12.0. The smallest absolute Gasteiger partial charge is 0.248 e. The average Bonchev–Trinajstić information content (AvgIpc) is 2.59. The van der Waals surface area contributed by atoms with Crippen LogP contribution in [0.3, 0.4) is 0 Å². The van der Waals surface area contributed by atoms with Gasteiger partial charge in [0.2, 0.25) is 11.8 Å². The number of aromatic nitrogens is 1. The van der Waals surface area contributed by atoms with Crippen molar-refractivity contribution in [2.24, 2.45) is 0 Å². The molecule has 1 aliphatic rings. The van der Waals surface area contributed by atoms with Crippen molar-refractivity contribution in [3.05, 3.63) is 46.2 Å². The number of carbonyl (C=O) groups is 2. The maximum atomic E-state index is 12.3. The van der Waals surface area contributed by atoms with E-state index < -0.39 is 0 Å². The number of likely N-dealkylation sites (N-methyl/N-ethyl adjacent to an activating group) is 1. The number of nitrogens with zero attached hydrogens (tertiary/aromatic N) is 2. The van der Waals surface area contributed by atoms with Crippen LogP contribution in [0.25, 0.3) is 10.9 Å². The van der Waals surface area contributed by atoms with E-state index in [1.54, 1.807) is 24.1 Å². The standard InChI is InChI=1S/C18H21N3O4/c1-12-7-16(22)14-5-3-4-6-15(14)21(12)10-17(23)19-8-13-9-20(2)18(24)11-25-13/h3-7,13H,8-11H2,1-2H3,(H,19,23)/t13-/m0/s1. The molecule has 1 aromatic heterocycles. The Hall–Kier alpha value is -2.67. The zero-order chi connectivity index (χ0) is 18.0. The summed E-state index contributed by atoms with van der Waals surface area (Å²) < 4.78 is 7.24. The fraction of sp³-hybridized carbons (Fsp3) is 0.389. The number of benzene rings is 1.